The minimum absolute atomic E-state index is 0.0384. The maximum Gasteiger partial charge on any atom is 0.435 e. The van der Waals surface area contributed by atoms with Crippen molar-refractivity contribution < 1.29 is 39.9 Å². The summed E-state index contributed by atoms with van der Waals surface area (Å²) in [6, 6.07) is 5.71. The topological polar surface area (TPSA) is 119 Å². The van der Waals surface area contributed by atoms with Gasteiger partial charge in [-0.1, -0.05) is 0 Å². The third kappa shape index (κ3) is 8.55. The first kappa shape index (κ1) is 31.6. The third-order valence-electron chi connectivity index (χ3n) is 5.03. The van der Waals surface area contributed by atoms with Crippen LogP contribution in [0.5, 0.6) is 0 Å². The van der Waals surface area contributed by atoms with E-state index in [4.69, 9.17) is 5.73 Å². The molecule has 8 nitrogen and oxygen atoms in total. The number of rotatable bonds is 4. The average molecular weight is 599 g/mol. The van der Waals surface area contributed by atoms with Gasteiger partial charge in [-0.3, -0.25) is 9.97 Å². The van der Waals surface area contributed by atoms with Gasteiger partial charge in [0.2, 0.25) is 0 Å². The molecule has 0 aromatic carbocycles. The lowest BCUT2D eigenvalue weighted by molar-refractivity contribution is -0.141. The number of carbonyl (C=O) groups is 1. The van der Waals surface area contributed by atoms with E-state index < -0.39 is 52.8 Å². The Bertz CT molecular complexity index is 1560. The normalized spacial score (nSPS) is 11.5. The van der Waals surface area contributed by atoms with E-state index in [0.717, 1.165) is 36.7 Å². The lowest BCUT2D eigenvalue weighted by Gasteiger charge is -2.15. The van der Waals surface area contributed by atoms with Gasteiger partial charge >= 0.3 is 18.4 Å². The van der Waals surface area contributed by atoms with Crippen molar-refractivity contribution in [3.63, 3.8) is 0 Å². The summed E-state index contributed by atoms with van der Waals surface area (Å²) in [6.45, 7) is 3.34. The van der Waals surface area contributed by atoms with Gasteiger partial charge in [-0.05, 0) is 50.2 Å². The Balaban J connectivity index is 0.000000240. The molecule has 42 heavy (non-hydrogen) atoms. The van der Waals surface area contributed by atoms with Crippen LogP contribution in [0.1, 0.15) is 25.2 Å². The molecule has 4 aromatic heterocycles. The number of nitrogens with zero attached hydrogens (tertiary/aromatic N) is 4. The van der Waals surface area contributed by atoms with Crippen LogP contribution in [0.15, 0.2) is 61.2 Å². The molecule has 222 valence electrons. The molecular weight excluding hydrogens is 578 g/mol. The maximum absolute atomic E-state index is 13.2. The fourth-order valence-corrected chi connectivity index (χ4v) is 3.32. The van der Waals surface area contributed by atoms with Crippen LogP contribution in [0, 0.1) is 11.6 Å². The molecule has 4 rings (SSSR count). The molecule has 4 heterocycles. The number of nitrogen functional groups attached to an aromatic ring is 1. The van der Waals surface area contributed by atoms with E-state index >= 15 is 0 Å². The van der Waals surface area contributed by atoms with Crippen molar-refractivity contribution in [1.82, 2.24) is 25.3 Å². The zero-order chi connectivity index (χ0) is 31.2. The number of halogens is 8. The minimum atomic E-state index is -4.79. The summed E-state index contributed by atoms with van der Waals surface area (Å²) in [5.41, 5.74) is 1.88. The van der Waals surface area contributed by atoms with Crippen LogP contribution in [0.3, 0.4) is 0 Å². The number of urea groups is 1. The zero-order valence-electron chi connectivity index (χ0n) is 21.6. The molecule has 16 heteroatoms. The van der Waals surface area contributed by atoms with Crippen LogP contribution in [0.25, 0.3) is 22.5 Å². The van der Waals surface area contributed by atoms with Gasteiger partial charge in [0.05, 0.1) is 35.2 Å². The fraction of sp³-hybridized carbons (Fsp3) is 0.192. The summed E-state index contributed by atoms with van der Waals surface area (Å²) < 4.78 is 104. The number of aromatic nitrogens is 4. The molecule has 4 N–H and O–H groups in total. The summed E-state index contributed by atoms with van der Waals surface area (Å²) >= 11 is 0. The lowest BCUT2D eigenvalue weighted by atomic mass is 10.1. The highest BCUT2D eigenvalue weighted by Gasteiger charge is 2.37. The first-order valence-corrected chi connectivity index (χ1v) is 11.8. The van der Waals surface area contributed by atoms with Crippen LogP contribution < -0.4 is 16.4 Å². The smallest absolute Gasteiger partial charge is 0.397 e. The van der Waals surface area contributed by atoms with Gasteiger partial charge in [0.25, 0.3) is 0 Å². The van der Waals surface area contributed by atoms with Crippen LogP contribution >= 0.6 is 0 Å². The van der Waals surface area contributed by atoms with E-state index in [1.807, 2.05) is 0 Å². The van der Waals surface area contributed by atoms with Crippen molar-refractivity contribution >= 4 is 17.4 Å². The van der Waals surface area contributed by atoms with Crippen molar-refractivity contribution in [1.29, 1.82) is 0 Å². The van der Waals surface area contributed by atoms with Crippen molar-refractivity contribution in [2.45, 2.75) is 32.2 Å². The van der Waals surface area contributed by atoms with E-state index in [0.29, 0.717) is 0 Å². The molecule has 0 unspecified atom stereocenters. The van der Waals surface area contributed by atoms with Gasteiger partial charge in [-0.25, -0.2) is 23.5 Å². The largest absolute Gasteiger partial charge is 0.435 e. The molecule has 0 aliphatic carbocycles. The van der Waals surface area contributed by atoms with Crippen LogP contribution in [-0.2, 0) is 12.4 Å². The Morgan fingerprint density at radius 1 is 0.762 bits per heavy atom. The molecule has 0 saturated carbocycles. The molecule has 0 radical (unpaired) electrons. The van der Waals surface area contributed by atoms with E-state index in [2.05, 4.69) is 30.6 Å². The Morgan fingerprint density at radius 2 is 1.24 bits per heavy atom. The fourth-order valence-electron chi connectivity index (χ4n) is 3.32. The molecule has 0 aliphatic heterocycles. The second-order valence-corrected chi connectivity index (χ2v) is 8.76. The predicted octanol–water partition coefficient (Wildman–Crippen LogP) is 6.72. The number of carbonyl (C=O) groups excluding carboxylic acids is 1. The Hall–Kier alpha value is -4.89. The van der Waals surface area contributed by atoms with E-state index in [-0.39, 0.29) is 28.6 Å². The van der Waals surface area contributed by atoms with Crippen molar-refractivity contribution in [2.75, 3.05) is 11.1 Å². The number of anilines is 2. The third-order valence-corrected chi connectivity index (χ3v) is 5.03. The van der Waals surface area contributed by atoms with Gasteiger partial charge in [0.15, 0.2) is 11.4 Å². The SMILES string of the molecule is CC(C)NC(=O)Nc1ccc(-c2cncc(F)c2)nc1C(F)(F)F.Nc1ccc(-c2cncc(F)c2)nc1C(F)(F)F. The Labute approximate surface area is 233 Å². The molecule has 2 amide bonds. The van der Waals surface area contributed by atoms with Gasteiger partial charge in [0.1, 0.15) is 11.6 Å². The van der Waals surface area contributed by atoms with Crippen molar-refractivity contribution in [3.8, 4) is 22.5 Å². The molecule has 0 spiro atoms. The lowest BCUT2D eigenvalue weighted by Crippen LogP contribution is -2.34. The minimum Gasteiger partial charge on any atom is -0.397 e. The summed E-state index contributed by atoms with van der Waals surface area (Å²) in [5, 5.41) is 4.54. The number of pyridine rings is 4. The summed E-state index contributed by atoms with van der Waals surface area (Å²) in [6.07, 6.45) is -5.14. The number of hydrogen-bond donors (Lipinski definition) is 3. The Kier molecular flexibility index (Phi) is 9.60. The highest BCUT2D eigenvalue weighted by Crippen LogP contribution is 2.35. The van der Waals surface area contributed by atoms with E-state index in [1.54, 1.807) is 13.8 Å². The maximum atomic E-state index is 13.2. The van der Waals surface area contributed by atoms with Gasteiger partial charge in [0, 0.05) is 29.6 Å². The number of hydrogen-bond acceptors (Lipinski definition) is 6. The predicted molar refractivity (Wildman–Crippen MR) is 137 cm³/mol. The average Bonchev–Trinajstić information content (AvgIpc) is 2.88. The molecule has 0 atom stereocenters. The highest BCUT2D eigenvalue weighted by molar-refractivity contribution is 5.90. The molecule has 4 aromatic rings. The van der Waals surface area contributed by atoms with Crippen molar-refractivity contribution in [2.24, 2.45) is 0 Å². The standard InChI is InChI=1S/C15H14F4N4O.C11H7F4N3/c1-8(2)21-14(24)23-12-4-3-11(22-13(12)15(17,18)19)9-5-10(16)7-20-6-9;12-7-3-6(4-17-5-7)9-2-1-8(16)10(18-9)11(13,14)15/h3-8H,1-2H3,(H2,21,23,24);1-5H,16H2. The number of amides is 2. The van der Waals surface area contributed by atoms with Crippen molar-refractivity contribution in [3.05, 3.63) is 84.2 Å². The summed E-state index contributed by atoms with van der Waals surface area (Å²) in [4.78, 5) is 25.7. The van der Waals surface area contributed by atoms with Gasteiger partial charge in [-0.2, -0.15) is 26.3 Å². The summed E-state index contributed by atoms with van der Waals surface area (Å²) in [7, 11) is 0. The number of nitrogens with two attached hydrogens (primary N) is 1. The van der Waals surface area contributed by atoms with Crippen LogP contribution in [-0.4, -0.2) is 32.0 Å². The molecule has 0 saturated heterocycles. The van der Waals surface area contributed by atoms with Crippen LogP contribution in [0.2, 0.25) is 0 Å². The highest BCUT2D eigenvalue weighted by atomic mass is 19.4. The van der Waals surface area contributed by atoms with Gasteiger partial charge in [-0.15, -0.1) is 0 Å². The summed E-state index contributed by atoms with van der Waals surface area (Å²) in [5.74, 6) is -1.35. The second kappa shape index (κ2) is 12.7. The monoisotopic (exact) mass is 599 g/mol. The van der Waals surface area contributed by atoms with Gasteiger partial charge < -0.3 is 16.4 Å². The molecule has 0 fully saturated rings. The van der Waals surface area contributed by atoms with E-state index in [1.165, 1.54) is 24.5 Å². The first-order chi connectivity index (χ1) is 19.5. The Morgan fingerprint density at radius 3 is 1.69 bits per heavy atom. The van der Waals surface area contributed by atoms with Crippen LogP contribution in [0.4, 0.5) is 51.3 Å². The molecule has 0 aliphatic rings. The number of alkyl halides is 6. The van der Waals surface area contributed by atoms with E-state index in [9.17, 15) is 39.9 Å². The zero-order valence-corrected chi connectivity index (χ0v) is 21.6. The number of nitrogens with one attached hydrogen (secondary N) is 2. The first-order valence-electron chi connectivity index (χ1n) is 11.8. The molecular formula is C26H21F8N7O. The second-order valence-electron chi connectivity index (χ2n) is 8.76. The molecule has 0 bridgehead atoms. The quantitative estimate of drug-likeness (QED) is 0.224.